The number of nitrogens with one attached hydrogen (secondary N) is 1. The van der Waals surface area contributed by atoms with Crippen LogP contribution >= 0.6 is 0 Å². The van der Waals surface area contributed by atoms with Gasteiger partial charge in [0.15, 0.2) is 0 Å². The van der Waals surface area contributed by atoms with E-state index in [9.17, 15) is 0 Å². The van der Waals surface area contributed by atoms with Crippen molar-refractivity contribution in [2.45, 2.75) is 52.9 Å². The Balaban J connectivity index is 2.31. The van der Waals surface area contributed by atoms with Crippen molar-refractivity contribution in [2.75, 3.05) is 30.4 Å². The summed E-state index contributed by atoms with van der Waals surface area (Å²) in [5, 5.41) is 3.22. The highest BCUT2D eigenvalue weighted by atomic mass is 15.2. The molecule has 0 amide bonds. The van der Waals surface area contributed by atoms with Crippen molar-refractivity contribution in [2.24, 2.45) is 5.92 Å². The standard InChI is InChI=1S/C16H28N4/c1-5-8-14-18-15(17-4)12(3)16(19-14)20-10-7-9-13(6-2)11-20/h13H,5-11H2,1-4H3,(H,17,18,19). The maximum absolute atomic E-state index is 4.84. The fourth-order valence-electron chi connectivity index (χ4n) is 3.03. The molecule has 4 heteroatoms. The first-order chi connectivity index (χ1) is 9.69. The zero-order chi connectivity index (χ0) is 14.5. The SMILES string of the molecule is CCCc1nc(NC)c(C)c(N2CCCC(CC)C2)n1. The second-order valence-corrected chi connectivity index (χ2v) is 5.80. The third-order valence-electron chi connectivity index (χ3n) is 4.27. The lowest BCUT2D eigenvalue weighted by molar-refractivity contribution is 0.402. The quantitative estimate of drug-likeness (QED) is 0.895. The van der Waals surface area contributed by atoms with Gasteiger partial charge in [-0.2, -0.15) is 0 Å². The van der Waals surface area contributed by atoms with Gasteiger partial charge in [-0.05, 0) is 32.1 Å². The smallest absolute Gasteiger partial charge is 0.137 e. The van der Waals surface area contributed by atoms with E-state index in [1.807, 2.05) is 7.05 Å². The van der Waals surface area contributed by atoms with E-state index in [0.717, 1.165) is 49.3 Å². The molecule has 0 aromatic carbocycles. The normalized spacial score (nSPS) is 19.2. The number of hydrogen-bond acceptors (Lipinski definition) is 4. The summed E-state index contributed by atoms with van der Waals surface area (Å²) in [5.74, 6) is 3.91. The van der Waals surface area contributed by atoms with E-state index in [2.05, 4.69) is 36.0 Å². The van der Waals surface area contributed by atoms with Crippen molar-refractivity contribution >= 4 is 11.6 Å². The second-order valence-electron chi connectivity index (χ2n) is 5.80. The fourth-order valence-corrected chi connectivity index (χ4v) is 3.03. The van der Waals surface area contributed by atoms with Gasteiger partial charge < -0.3 is 10.2 Å². The molecule has 0 radical (unpaired) electrons. The molecule has 1 unspecified atom stereocenters. The summed E-state index contributed by atoms with van der Waals surface area (Å²) in [4.78, 5) is 11.9. The molecule has 1 fully saturated rings. The molecular formula is C16H28N4. The molecule has 0 bridgehead atoms. The largest absolute Gasteiger partial charge is 0.373 e. The van der Waals surface area contributed by atoms with Crippen molar-refractivity contribution in [1.29, 1.82) is 0 Å². The summed E-state index contributed by atoms with van der Waals surface area (Å²) in [7, 11) is 1.94. The molecule has 1 atom stereocenters. The summed E-state index contributed by atoms with van der Waals surface area (Å²) in [5.41, 5.74) is 1.18. The molecular weight excluding hydrogens is 248 g/mol. The van der Waals surface area contributed by atoms with Gasteiger partial charge in [-0.3, -0.25) is 0 Å². The summed E-state index contributed by atoms with van der Waals surface area (Å²) < 4.78 is 0. The number of aryl methyl sites for hydroxylation is 1. The number of aromatic nitrogens is 2. The van der Waals surface area contributed by atoms with Crippen LogP contribution in [0.4, 0.5) is 11.6 Å². The van der Waals surface area contributed by atoms with Gasteiger partial charge in [0, 0.05) is 32.1 Å². The van der Waals surface area contributed by atoms with Crippen LogP contribution in [0.5, 0.6) is 0 Å². The molecule has 1 saturated heterocycles. The second kappa shape index (κ2) is 6.91. The Morgan fingerprint density at radius 1 is 1.30 bits per heavy atom. The molecule has 0 saturated carbocycles. The van der Waals surface area contributed by atoms with Crippen molar-refractivity contribution in [3.63, 3.8) is 0 Å². The zero-order valence-electron chi connectivity index (χ0n) is 13.4. The average Bonchev–Trinajstić information content (AvgIpc) is 2.49. The van der Waals surface area contributed by atoms with E-state index in [1.165, 1.54) is 24.8 Å². The van der Waals surface area contributed by atoms with Gasteiger partial charge in [0.25, 0.3) is 0 Å². The van der Waals surface area contributed by atoms with Gasteiger partial charge in [0.2, 0.25) is 0 Å². The van der Waals surface area contributed by atoms with Crippen LogP contribution in [0.1, 0.15) is 50.9 Å². The van der Waals surface area contributed by atoms with Crippen LogP contribution in [0.15, 0.2) is 0 Å². The fraction of sp³-hybridized carbons (Fsp3) is 0.750. The van der Waals surface area contributed by atoms with Crippen LogP contribution in [0.25, 0.3) is 0 Å². The predicted molar refractivity (Wildman–Crippen MR) is 85.5 cm³/mol. The number of hydrogen-bond donors (Lipinski definition) is 1. The third-order valence-corrected chi connectivity index (χ3v) is 4.27. The van der Waals surface area contributed by atoms with E-state index in [4.69, 9.17) is 4.98 Å². The van der Waals surface area contributed by atoms with E-state index in [0.29, 0.717) is 0 Å². The maximum Gasteiger partial charge on any atom is 0.137 e. The van der Waals surface area contributed by atoms with Crippen LogP contribution in [0.3, 0.4) is 0 Å². The molecule has 2 rings (SSSR count). The van der Waals surface area contributed by atoms with E-state index >= 15 is 0 Å². The Kier molecular flexibility index (Phi) is 5.21. The summed E-state index contributed by atoms with van der Waals surface area (Å²) in [6.45, 7) is 8.87. The van der Waals surface area contributed by atoms with E-state index in [1.54, 1.807) is 0 Å². The molecule has 20 heavy (non-hydrogen) atoms. The summed E-state index contributed by atoms with van der Waals surface area (Å²) >= 11 is 0. The van der Waals surface area contributed by atoms with Gasteiger partial charge in [0.05, 0.1) is 0 Å². The van der Waals surface area contributed by atoms with Crippen molar-refractivity contribution in [3.8, 4) is 0 Å². The Labute approximate surface area is 123 Å². The molecule has 1 aromatic heterocycles. The Morgan fingerprint density at radius 2 is 2.10 bits per heavy atom. The Bertz CT molecular complexity index is 444. The van der Waals surface area contributed by atoms with Crippen molar-refractivity contribution < 1.29 is 0 Å². The van der Waals surface area contributed by atoms with Crippen LogP contribution < -0.4 is 10.2 Å². The lowest BCUT2D eigenvalue weighted by Gasteiger charge is -2.34. The molecule has 1 aromatic rings. The summed E-state index contributed by atoms with van der Waals surface area (Å²) in [6, 6.07) is 0. The predicted octanol–water partition coefficient (Wildman–Crippen LogP) is 3.41. The highest BCUT2D eigenvalue weighted by molar-refractivity contribution is 5.58. The summed E-state index contributed by atoms with van der Waals surface area (Å²) in [6.07, 6.45) is 5.94. The van der Waals surface area contributed by atoms with Gasteiger partial charge in [0.1, 0.15) is 17.5 Å². The van der Waals surface area contributed by atoms with E-state index in [-0.39, 0.29) is 0 Å². The van der Waals surface area contributed by atoms with Gasteiger partial charge in [-0.25, -0.2) is 9.97 Å². The van der Waals surface area contributed by atoms with Crippen LogP contribution in [-0.2, 0) is 6.42 Å². The molecule has 4 nitrogen and oxygen atoms in total. The number of nitrogens with zero attached hydrogens (tertiary/aromatic N) is 3. The minimum atomic E-state index is 0.811. The highest BCUT2D eigenvalue weighted by Crippen LogP contribution is 2.28. The van der Waals surface area contributed by atoms with Crippen molar-refractivity contribution in [1.82, 2.24) is 9.97 Å². The lowest BCUT2D eigenvalue weighted by atomic mass is 9.95. The maximum atomic E-state index is 4.84. The first-order valence-electron chi connectivity index (χ1n) is 7.99. The zero-order valence-corrected chi connectivity index (χ0v) is 13.4. The van der Waals surface area contributed by atoms with Crippen molar-refractivity contribution in [3.05, 3.63) is 11.4 Å². The number of piperidine rings is 1. The highest BCUT2D eigenvalue weighted by Gasteiger charge is 2.22. The monoisotopic (exact) mass is 276 g/mol. The molecule has 0 spiro atoms. The van der Waals surface area contributed by atoms with Gasteiger partial charge >= 0.3 is 0 Å². The number of rotatable bonds is 5. The number of anilines is 2. The molecule has 112 valence electrons. The third kappa shape index (κ3) is 3.22. The lowest BCUT2D eigenvalue weighted by Crippen LogP contribution is -2.36. The first kappa shape index (κ1) is 15.1. The molecule has 1 aliphatic rings. The average molecular weight is 276 g/mol. The van der Waals surface area contributed by atoms with Crippen LogP contribution in [0, 0.1) is 12.8 Å². The molecule has 2 heterocycles. The Morgan fingerprint density at radius 3 is 2.75 bits per heavy atom. The van der Waals surface area contributed by atoms with Gasteiger partial charge in [-0.15, -0.1) is 0 Å². The minimum absolute atomic E-state index is 0.811. The molecule has 0 aliphatic carbocycles. The molecule has 1 aliphatic heterocycles. The van der Waals surface area contributed by atoms with E-state index < -0.39 is 0 Å². The van der Waals surface area contributed by atoms with Gasteiger partial charge in [-0.1, -0.05) is 20.3 Å². The first-order valence-corrected chi connectivity index (χ1v) is 7.99. The molecule has 1 N–H and O–H groups in total. The minimum Gasteiger partial charge on any atom is -0.373 e. The van der Waals surface area contributed by atoms with Crippen LogP contribution in [0.2, 0.25) is 0 Å². The topological polar surface area (TPSA) is 41.1 Å². The Hall–Kier alpha value is -1.32. The van der Waals surface area contributed by atoms with Crippen LogP contribution in [-0.4, -0.2) is 30.1 Å².